The molecular formula is C21H23N3O. The van der Waals surface area contributed by atoms with Crippen LogP contribution in [-0.4, -0.2) is 54.4 Å². The SMILES string of the molecule is CN1CCC(CN(C)C(=O)c2cc3ccccc3c3cccnc23)C1. The number of benzene rings is 2. The number of carbonyl (C=O) groups excluding carboxylic acids is 1. The van der Waals surface area contributed by atoms with Crippen molar-refractivity contribution in [2.45, 2.75) is 6.42 Å². The van der Waals surface area contributed by atoms with Crippen molar-refractivity contribution in [1.82, 2.24) is 14.8 Å². The minimum atomic E-state index is 0.0593. The van der Waals surface area contributed by atoms with Gasteiger partial charge in [-0.05, 0) is 48.8 Å². The first-order valence-electron chi connectivity index (χ1n) is 8.84. The molecular weight excluding hydrogens is 310 g/mol. The summed E-state index contributed by atoms with van der Waals surface area (Å²) in [6, 6.07) is 14.2. The highest BCUT2D eigenvalue weighted by Gasteiger charge is 2.24. The van der Waals surface area contributed by atoms with Crippen LogP contribution in [0.15, 0.2) is 48.7 Å². The van der Waals surface area contributed by atoms with Crippen LogP contribution in [0.5, 0.6) is 0 Å². The third-order valence-electron chi connectivity index (χ3n) is 5.21. The molecule has 0 N–H and O–H groups in total. The molecule has 0 bridgehead atoms. The van der Waals surface area contributed by atoms with E-state index in [1.54, 1.807) is 6.20 Å². The van der Waals surface area contributed by atoms with Crippen molar-refractivity contribution in [2.24, 2.45) is 5.92 Å². The molecule has 1 unspecified atom stereocenters. The van der Waals surface area contributed by atoms with Gasteiger partial charge in [0, 0.05) is 31.7 Å². The Morgan fingerprint density at radius 3 is 2.84 bits per heavy atom. The molecule has 128 valence electrons. The number of aromatic nitrogens is 1. The highest BCUT2D eigenvalue weighted by molar-refractivity contribution is 6.15. The number of pyridine rings is 1. The molecule has 1 atom stereocenters. The van der Waals surface area contributed by atoms with Crippen molar-refractivity contribution in [3.05, 3.63) is 54.2 Å². The molecule has 1 saturated heterocycles. The molecule has 1 aliphatic heterocycles. The molecule has 1 aromatic heterocycles. The van der Waals surface area contributed by atoms with E-state index in [-0.39, 0.29) is 5.91 Å². The van der Waals surface area contributed by atoms with Crippen molar-refractivity contribution in [1.29, 1.82) is 0 Å². The summed E-state index contributed by atoms with van der Waals surface area (Å²) < 4.78 is 0. The standard InChI is InChI=1S/C21H23N3O/c1-23-11-9-15(13-23)14-24(2)21(25)19-12-16-6-3-4-7-17(16)18-8-5-10-22-20(18)19/h3-8,10,12,15H,9,11,13-14H2,1-2H3. The van der Waals surface area contributed by atoms with Gasteiger partial charge in [-0.3, -0.25) is 9.78 Å². The van der Waals surface area contributed by atoms with Gasteiger partial charge in [0.05, 0.1) is 11.1 Å². The third kappa shape index (κ3) is 2.98. The van der Waals surface area contributed by atoms with Crippen LogP contribution in [0.1, 0.15) is 16.8 Å². The summed E-state index contributed by atoms with van der Waals surface area (Å²) in [7, 11) is 4.05. The first-order chi connectivity index (χ1) is 12.1. The van der Waals surface area contributed by atoms with Crippen LogP contribution < -0.4 is 0 Å². The molecule has 25 heavy (non-hydrogen) atoms. The lowest BCUT2D eigenvalue weighted by Crippen LogP contribution is -2.33. The van der Waals surface area contributed by atoms with E-state index in [1.165, 1.54) is 0 Å². The second kappa shape index (κ2) is 6.45. The molecule has 0 aliphatic carbocycles. The fraction of sp³-hybridized carbons (Fsp3) is 0.333. The summed E-state index contributed by atoms with van der Waals surface area (Å²) in [6.07, 6.45) is 2.92. The Bertz CT molecular complexity index is 937. The quantitative estimate of drug-likeness (QED) is 0.689. The smallest absolute Gasteiger partial charge is 0.255 e. The van der Waals surface area contributed by atoms with E-state index in [1.807, 2.05) is 42.3 Å². The van der Waals surface area contributed by atoms with Crippen LogP contribution in [0.25, 0.3) is 21.7 Å². The second-order valence-corrected chi connectivity index (χ2v) is 7.15. The number of likely N-dealkylation sites (tertiary alicyclic amines) is 1. The third-order valence-corrected chi connectivity index (χ3v) is 5.21. The van der Waals surface area contributed by atoms with Crippen molar-refractivity contribution in [3.8, 4) is 0 Å². The molecule has 1 aliphatic rings. The van der Waals surface area contributed by atoms with Gasteiger partial charge >= 0.3 is 0 Å². The predicted octanol–water partition coefficient (Wildman–Crippen LogP) is 3.41. The number of rotatable bonds is 3. The highest BCUT2D eigenvalue weighted by atomic mass is 16.2. The number of carbonyl (C=O) groups is 1. The second-order valence-electron chi connectivity index (χ2n) is 7.15. The van der Waals surface area contributed by atoms with E-state index >= 15 is 0 Å². The molecule has 2 aromatic carbocycles. The molecule has 4 rings (SSSR count). The molecule has 4 nitrogen and oxygen atoms in total. The van der Waals surface area contributed by atoms with E-state index in [9.17, 15) is 4.79 Å². The largest absolute Gasteiger partial charge is 0.341 e. The van der Waals surface area contributed by atoms with E-state index in [4.69, 9.17) is 0 Å². The van der Waals surface area contributed by atoms with Gasteiger partial charge in [-0.15, -0.1) is 0 Å². The highest BCUT2D eigenvalue weighted by Crippen LogP contribution is 2.28. The molecule has 4 heteroatoms. The van der Waals surface area contributed by atoms with Gasteiger partial charge in [0.2, 0.25) is 0 Å². The fourth-order valence-corrected chi connectivity index (χ4v) is 3.94. The first kappa shape index (κ1) is 16.0. The summed E-state index contributed by atoms with van der Waals surface area (Å²) in [5, 5.41) is 3.26. The van der Waals surface area contributed by atoms with Crippen LogP contribution in [0, 0.1) is 5.92 Å². The average molecular weight is 333 g/mol. The molecule has 2 heterocycles. The zero-order valence-corrected chi connectivity index (χ0v) is 14.8. The normalized spacial score (nSPS) is 18.1. The van der Waals surface area contributed by atoms with Gasteiger partial charge in [-0.1, -0.05) is 30.3 Å². The van der Waals surface area contributed by atoms with Crippen molar-refractivity contribution >= 4 is 27.6 Å². The molecule has 1 fully saturated rings. The van der Waals surface area contributed by atoms with Crippen LogP contribution in [0.2, 0.25) is 0 Å². The Morgan fingerprint density at radius 2 is 2.04 bits per heavy atom. The molecule has 1 amide bonds. The number of nitrogens with zero attached hydrogens (tertiary/aromatic N) is 3. The lowest BCUT2D eigenvalue weighted by Gasteiger charge is -2.22. The molecule has 0 saturated carbocycles. The molecule has 3 aromatic rings. The van der Waals surface area contributed by atoms with Crippen molar-refractivity contribution in [2.75, 3.05) is 33.7 Å². The maximum Gasteiger partial charge on any atom is 0.255 e. The predicted molar refractivity (Wildman–Crippen MR) is 102 cm³/mol. The Balaban J connectivity index is 1.73. The summed E-state index contributed by atoms with van der Waals surface area (Å²) in [5.74, 6) is 0.614. The lowest BCUT2D eigenvalue weighted by molar-refractivity contribution is 0.0776. The summed E-state index contributed by atoms with van der Waals surface area (Å²) in [6.45, 7) is 2.98. The number of hydrogen-bond acceptors (Lipinski definition) is 3. The Kier molecular flexibility index (Phi) is 4.14. The minimum absolute atomic E-state index is 0.0593. The van der Waals surface area contributed by atoms with Gasteiger partial charge in [0.25, 0.3) is 5.91 Å². The fourth-order valence-electron chi connectivity index (χ4n) is 3.94. The summed E-state index contributed by atoms with van der Waals surface area (Å²) in [4.78, 5) is 21.9. The zero-order chi connectivity index (χ0) is 17.4. The van der Waals surface area contributed by atoms with Crippen molar-refractivity contribution < 1.29 is 4.79 Å². The number of amides is 1. The van der Waals surface area contributed by atoms with Crippen molar-refractivity contribution in [3.63, 3.8) is 0 Å². The monoisotopic (exact) mass is 333 g/mol. The van der Waals surface area contributed by atoms with Gasteiger partial charge in [-0.25, -0.2) is 0 Å². The summed E-state index contributed by atoms with van der Waals surface area (Å²) >= 11 is 0. The van der Waals surface area contributed by atoms with Crippen LogP contribution in [0.3, 0.4) is 0 Å². The Hall–Kier alpha value is -2.46. The van der Waals surface area contributed by atoms with Gasteiger partial charge in [0.1, 0.15) is 0 Å². The Morgan fingerprint density at radius 1 is 1.24 bits per heavy atom. The van der Waals surface area contributed by atoms with Gasteiger partial charge in [-0.2, -0.15) is 0 Å². The van der Waals surface area contributed by atoms with E-state index in [2.05, 4.69) is 29.1 Å². The van der Waals surface area contributed by atoms with Crippen LogP contribution in [-0.2, 0) is 0 Å². The number of fused-ring (bicyclic) bond motifs is 3. The average Bonchev–Trinajstić information content (AvgIpc) is 3.05. The first-order valence-corrected chi connectivity index (χ1v) is 8.84. The van der Waals surface area contributed by atoms with E-state index in [0.717, 1.165) is 47.7 Å². The maximum absolute atomic E-state index is 13.1. The molecule has 0 radical (unpaired) electrons. The van der Waals surface area contributed by atoms with E-state index < -0.39 is 0 Å². The zero-order valence-electron chi connectivity index (χ0n) is 14.8. The maximum atomic E-state index is 13.1. The van der Waals surface area contributed by atoms with E-state index in [0.29, 0.717) is 11.5 Å². The van der Waals surface area contributed by atoms with Crippen LogP contribution >= 0.6 is 0 Å². The number of hydrogen-bond donors (Lipinski definition) is 0. The molecule has 0 spiro atoms. The minimum Gasteiger partial charge on any atom is -0.341 e. The van der Waals surface area contributed by atoms with Crippen LogP contribution in [0.4, 0.5) is 0 Å². The Labute approximate surface area is 148 Å². The van der Waals surface area contributed by atoms with Gasteiger partial charge < -0.3 is 9.80 Å². The lowest BCUT2D eigenvalue weighted by atomic mass is 9.99. The summed E-state index contributed by atoms with van der Waals surface area (Å²) in [5.41, 5.74) is 1.49. The van der Waals surface area contributed by atoms with Gasteiger partial charge in [0.15, 0.2) is 0 Å². The topological polar surface area (TPSA) is 36.4 Å².